The number of rotatable bonds is 3. The number of benzene rings is 1. The molecule has 1 aliphatic rings. The smallest absolute Gasteiger partial charge is 0.265 e. The second-order valence-electron chi connectivity index (χ2n) is 3.40. The van der Waals surface area contributed by atoms with Crippen molar-refractivity contribution in [2.24, 2.45) is 0 Å². The molecule has 3 nitrogen and oxygen atoms in total. The molecule has 0 unspecified atom stereocenters. The van der Waals surface area contributed by atoms with Crippen molar-refractivity contribution >= 4 is 35.0 Å². The third-order valence-corrected chi connectivity index (χ3v) is 3.53. The quantitative estimate of drug-likeness (QED) is 0.858. The second kappa shape index (κ2) is 5.98. The number of para-hydroxylation sites is 1. The normalized spacial score (nSPS) is 15.4. The SMILES string of the molecule is O=C(Nc1ccccc1)C1=C(CCl)OCCS1. The van der Waals surface area contributed by atoms with Crippen LogP contribution < -0.4 is 5.32 Å². The van der Waals surface area contributed by atoms with Crippen LogP contribution in [0, 0.1) is 0 Å². The predicted octanol–water partition coefficient (Wildman–Crippen LogP) is 2.84. The highest BCUT2D eigenvalue weighted by Gasteiger charge is 2.20. The minimum Gasteiger partial charge on any atom is -0.494 e. The van der Waals surface area contributed by atoms with E-state index in [1.165, 1.54) is 11.8 Å². The highest BCUT2D eigenvalue weighted by atomic mass is 35.5. The Labute approximate surface area is 109 Å². The lowest BCUT2D eigenvalue weighted by atomic mass is 10.3. The van der Waals surface area contributed by atoms with Gasteiger partial charge in [0.1, 0.15) is 10.7 Å². The molecule has 0 bridgehead atoms. The first-order valence-corrected chi connectivity index (χ1v) is 6.74. The number of carbonyl (C=O) groups is 1. The number of halogens is 1. The van der Waals surface area contributed by atoms with E-state index < -0.39 is 0 Å². The summed E-state index contributed by atoms with van der Waals surface area (Å²) in [7, 11) is 0. The Morgan fingerprint density at radius 3 is 2.88 bits per heavy atom. The number of amides is 1. The van der Waals surface area contributed by atoms with E-state index >= 15 is 0 Å². The summed E-state index contributed by atoms with van der Waals surface area (Å²) in [5, 5.41) is 2.82. The summed E-state index contributed by atoms with van der Waals surface area (Å²) in [6.45, 7) is 0.606. The minimum absolute atomic E-state index is 0.156. The fourth-order valence-electron chi connectivity index (χ4n) is 1.46. The van der Waals surface area contributed by atoms with Gasteiger partial charge in [0.15, 0.2) is 0 Å². The summed E-state index contributed by atoms with van der Waals surface area (Å²) >= 11 is 7.23. The number of ether oxygens (including phenoxy) is 1. The molecule has 1 aliphatic heterocycles. The maximum atomic E-state index is 12.0. The number of allylic oxidation sites excluding steroid dienone is 1. The fourth-order valence-corrected chi connectivity index (χ4v) is 2.59. The summed E-state index contributed by atoms with van der Waals surface area (Å²) in [6.07, 6.45) is 0. The maximum Gasteiger partial charge on any atom is 0.265 e. The van der Waals surface area contributed by atoms with Crippen LogP contribution in [0.1, 0.15) is 0 Å². The largest absolute Gasteiger partial charge is 0.494 e. The lowest BCUT2D eigenvalue weighted by molar-refractivity contribution is -0.112. The second-order valence-corrected chi connectivity index (χ2v) is 4.78. The Morgan fingerprint density at radius 1 is 1.41 bits per heavy atom. The molecule has 0 radical (unpaired) electrons. The van der Waals surface area contributed by atoms with Gasteiger partial charge in [0, 0.05) is 11.4 Å². The van der Waals surface area contributed by atoms with Gasteiger partial charge in [-0.25, -0.2) is 0 Å². The molecule has 2 rings (SSSR count). The van der Waals surface area contributed by atoms with Gasteiger partial charge in [-0.15, -0.1) is 23.4 Å². The number of carbonyl (C=O) groups excluding carboxylic acids is 1. The maximum absolute atomic E-state index is 12.0. The van der Waals surface area contributed by atoms with Gasteiger partial charge < -0.3 is 10.1 Å². The molecule has 0 saturated heterocycles. The standard InChI is InChI=1S/C12H12ClNO2S/c13-8-10-11(17-7-6-16-10)12(15)14-9-4-2-1-3-5-9/h1-5H,6-8H2,(H,14,15). The zero-order chi connectivity index (χ0) is 12.1. The van der Waals surface area contributed by atoms with Crippen LogP contribution >= 0.6 is 23.4 Å². The average Bonchev–Trinajstić information content (AvgIpc) is 2.40. The molecule has 0 aliphatic carbocycles. The lowest BCUT2D eigenvalue weighted by Gasteiger charge is -2.18. The van der Waals surface area contributed by atoms with Crippen molar-refractivity contribution in [3.63, 3.8) is 0 Å². The Bertz CT molecular complexity index is 433. The number of thioether (sulfide) groups is 1. The van der Waals surface area contributed by atoms with E-state index in [-0.39, 0.29) is 11.8 Å². The van der Waals surface area contributed by atoms with Gasteiger partial charge in [0.2, 0.25) is 0 Å². The fraction of sp³-hybridized carbons (Fsp3) is 0.250. The molecule has 0 spiro atoms. The van der Waals surface area contributed by atoms with Gasteiger partial charge >= 0.3 is 0 Å². The predicted molar refractivity (Wildman–Crippen MR) is 71.2 cm³/mol. The van der Waals surface area contributed by atoms with E-state index in [2.05, 4.69) is 5.32 Å². The number of anilines is 1. The van der Waals surface area contributed by atoms with E-state index in [9.17, 15) is 4.79 Å². The van der Waals surface area contributed by atoms with E-state index in [1.807, 2.05) is 30.3 Å². The van der Waals surface area contributed by atoms with Crippen LogP contribution in [0.3, 0.4) is 0 Å². The van der Waals surface area contributed by atoms with Crippen molar-refractivity contribution in [3.05, 3.63) is 41.0 Å². The Morgan fingerprint density at radius 2 is 2.18 bits per heavy atom. The summed E-state index contributed by atoms with van der Waals surface area (Å²) < 4.78 is 5.36. The zero-order valence-electron chi connectivity index (χ0n) is 9.11. The summed E-state index contributed by atoms with van der Waals surface area (Å²) in [4.78, 5) is 12.6. The molecule has 1 aromatic carbocycles. The first kappa shape index (κ1) is 12.3. The van der Waals surface area contributed by atoms with E-state index in [4.69, 9.17) is 16.3 Å². The Balaban J connectivity index is 2.12. The molecular weight excluding hydrogens is 258 g/mol. The van der Waals surface area contributed by atoms with E-state index in [1.54, 1.807) is 0 Å². The summed E-state index contributed by atoms with van der Waals surface area (Å²) in [6, 6.07) is 9.33. The lowest BCUT2D eigenvalue weighted by Crippen LogP contribution is -2.19. The zero-order valence-corrected chi connectivity index (χ0v) is 10.7. The number of hydrogen-bond acceptors (Lipinski definition) is 3. The van der Waals surface area contributed by atoms with Crippen molar-refractivity contribution in [2.75, 3.05) is 23.6 Å². The number of hydrogen-bond donors (Lipinski definition) is 1. The molecule has 1 amide bonds. The van der Waals surface area contributed by atoms with Crippen LogP contribution in [-0.4, -0.2) is 24.1 Å². The van der Waals surface area contributed by atoms with Crippen molar-refractivity contribution < 1.29 is 9.53 Å². The number of alkyl halides is 1. The average molecular weight is 270 g/mol. The first-order valence-electron chi connectivity index (χ1n) is 5.22. The highest BCUT2D eigenvalue weighted by molar-refractivity contribution is 8.04. The molecule has 90 valence electrons. The molecule has 0 fully saturated rings. The minimum atomic E-state index is -0.156. The van der Waals surface area contributed by atoms with Crippen LogP contribution in [0.4, 0.5) is 5.69 Å². The van der Waals surface area contributed by atoms with Crippen molar-refractivity contribution in [1.29, 1.82) is 0 Å². The molecule has 0 aromatic heterocycles. The van der Waals surface area contributed by atoms with Crippen molar-refractivity contribution in [3.8, 4) is 0 Å². The van der Waals surface area contributed by atoms with Crippen LogP contribution in [0.25, 0.3) is 0 Å². The number of nitrogens with one attached hydrogen (secondary N) is 1. The van der Waals surface area contributed by atoms with Crippen LogP contribution in [0.5, 0.6) is 0 Å². The monoisotopic (exact) mass is 269 g/mol. The topological polar surface area (TPSA) is 38.3 Å². The van der Waals surface area contributed by atoms with Gasteiger partial charge in [-0.05, 0) is 12.1 Å². The Hall–Kier alpha value is -1.13. The highest BCUT2D eigenvalue weighted by Crippen LogP contribution is 2.27. The first-order chi connectivity index (χ1) is 8.31. The summed E-state index contributed by atoms with van der Waals surface area (Å²) in [5.41, 5.74) is 0.769. The molecule has 0 saturated carbocycles. The van der Waals surface area contributed by atoms with Crippen molar-refractivity contribution in [2.45, 2.75) is 0 Å². The van der Waals surface area contributed by atoms with Gasteiger partial charge in [-0.2, -0.15) is 0 Å². The van der Waals surface area contributed by atoms with Crippen molar-refractivity contribution in [1.82, 2.24) is 0 Å². The van der Waals surface area contributed by atoms with Gasteiger partial charge in [0.05, 0.1) is 12.5 Å². The molecule has 0 atom stereocenters. The molecule has 1 heterocycles. The summed E-state index contributed by atoms with van der Waals surface area (Å²) in [5.74, 6) is 1.41. The van der Waals surface area contributed by atoms with Gasteiger partial charge in [-0.1, -0.05) is 18.2 Å². The molecule has 1 aromatic rings. The van der Waals surface area contributed by atoms with Gasteiger partial charge in [-0.3, -0.25) is 4.79 Å². The molecule has 1 N–H and O–H groups in total. The third kappa shape index (κ3) is 3.17. The molecular formula is C12H12ClNO2S. The van der Waals surface area contributed by atoms with Crippen LogP contribution in [-0.2, 0) is 9.53 Å². The third-order valence-electron chi connectivity index (χ3n) is 2.22. The molecule has 5 heteroatoms. The van der Waals surface area contributed by atoms with Gasteiger partial charge in [0.25, 0.3) is 5.91 Å². The van der Waals surface area contributed by atoms with E-state index in [0.29, 0.717) is 17.3 Å². The van der Waals surface area contributed by atoms with Crippen LogP contribution in [0.2, 0.25) is 0 Å². The van der Waals surface area contributed by atoms with Crippen LogP contribution in [0.15, 0.2) is 41.0 Å². The van der Waals surface area contributed by atoms with E-state index in [0.717, 1.165) is 11.4 Å². The molecule has 17 heavy (non-hydrogen) atoms. The Kier molecular flexibility index (Phi) is 4.34.